The van der Waals surface area contributed by atoms with E-state index in [0.29, 0.717) is 39.6 Å². The highest BCUT2D eigenvalue weighted by molar-refractivity contribution is 7.98. The Balaban J connectivity index is 1.53. The Kier molecular flexibility index (Phi) is 4.86. The lowest BCUT2D eigenvalue weighted by molar-refractivity contribution is 0.392. The number of aryl methyl sites for hydroxylation is 2. The summed E-state index contributed by atoms with van der Waals surface area (Å²) < 4.78 is 12.1. The molecule has 0 aliphatic heterocycles. The zero-order chi connectivity index (χ0) is 19.7. The van der Waals surface area contributed by atoms with Crippen LogP contribution in [0.15, 0.2) is 49.3 Å². The fourth-order valence-corrected chi connectivity index (χ4v) is 3.81. The summed E-state index contributed by atoms with van der Waals surface area (Å²) in [7, 11) is 0. The third-order valence-electron chi connectivity index (χ3n) is 4.39. The van der Waals surface area contributed by atoms with E-state index in [1.54, 1.807) is 11.5 Å². The van der Waals surface area contributed by atoms with E-state index in [1.807, 2.05) is 44.2 Å². The van der Waals surface area contributed by atoms with Gasteiger partial charge in [-0.2, -0.15) is 4.98 Å². The molecule has 4 aromatic rings. The Morgan fingerprint density at radius 2 is 1.96 bits per heavy atom. The molecule has 1 atom stereocenters. The summed E-state index contributed by atoms with van der Waals surface area (Å²) in [6.07, 6.45) is 0. The number of hydrogen-bond acceptors (Lipinski definition) is 8. The predicted octanol–water partition coefficient (Wildman–Crippen LogP) is 3.13. The Morgan fingerprint density at radius 1 is 1.18 bits per heavy atom. The van der Waals surface area contributed by atoms with Gasteiger partial charge in [0, 0.05) is 0 Å². The van der Waals surface area contributed by atoms with Gasteiger partial charge < -0.3 is 9.05 Å². The molecule has 28 heavy (non-hydrogen) atoms. The van der Waals surface area contributed by atoms with E-state index in [-0.39, 0.29) is 11.7 Å². The van der Waals surface area contributed by atoms with Crippen LogP contribution in [0.25, 0.3) is 11.5 Å². The maximum atomic E-state index is 12.3. The van der Waals surface area contributed by atoms with Crippen LogP contribution in [0.4, 0.5) is 0 Å². The summed E-state index contributed by atoms with van der Waals surface area (Å²) in [5.41, 5.74) is 2.16. The molecule has 0 bridgehead atoms. The average molecular weight is 398 g/mol. The standard InChI is InChI=1S/C18H18N6O3S/c1-10-15(12(3)26-22-10)16-19-14(23-27-16)9-28-18-21-20-17(25)24(18)11(2)13-7-5-4-6-8-13/h4-8,11H,9H2,1-3H3,(H,20,25)/t11-/m0/s1. The molecule has 0 radical (unpaired) electrons. The van der Waals surface area contributed by atoms with E-state index in [2.05, 4.69) is 25.5 Å². The van der Waals surface area contributed by atoms with E-state index in [9.17, 15) is 4.79 Å². The van der Waals surface area contributed by atoms with Gasteiger partial charge in [0.2, 0.25) is 0 Å². The fraction of sp³-hybridized carbons (Fsp3) is 0.278. The molecule has 0 aliphatic carbocycles. The first-order valence-electron chi connectivity index (χ1n) is 8.65. The highest BCUT2D eigenvalue weighted by Crippen LogP contribution is 2.27. The molecule has 0 amide bonds. The van der Waals surface area contributed by atoms with Crippen molar-refractivity contribution < 1.29 is 9.05 Å². The lowest BCUT2D eigenvalue weighted by atomic mass is 10.1. The van der Waals surface area contributed by atoms with Crippen LogP contribution in [0.2, 0.25) is 0 Å². The van der Waals surface area contributed by atoms with Crippen molar-refractivity contribution in [3.8, 4) is 11.5 Å². The van der Waals surface area contributed by atoms with Gasteiger partial charge in [-0.3, -0.25) is 4.57 Å². The summed E-state index contributed by atoms with van der Waals surface area (Å²) >= 11 is 1.36. The van der Waals surface area contributed by atoms with Crippen LogP contribution in [0.1, 0.15) is 35.8 Å². The molecule has 0 unspecified atom stereocenters. The highest BCUT2D eigenvalue weighted by atomic mass is 32.2. The van der Waals surface area contributed by atoms with Crippen LogP contribution in [-0.2, 0) is 5.75 Å². The fourth-order valence-electron chi connectivity index (χ4n) is 2.95. The number of nitrogens with zero attached hydrogens (tertiary/aromatic N) is 5. The minimum atomic E-state index is -0.261. The number of aromatic amines is 1. The van der Waals surface area contributed by atoms with E-state index >= 15 is 0 Å². The van der Waals surface area contributed by atoms with Crippen molar-refractivity contribution in [2.45, 2.75) is 37.7 Å². The number of benzene rings is 1. The Labute approximate surface area is 164 Å². The molecule has 9 nitrogen and oxygen atoms in total. The molecule has 1 N–H and O–H groups in total. The lowest BCUT2D eigenvalue weighted by Crippen LogP contribution is -2.22. The Bertz CT molecular complexity index is 1120. The molecule has 10 heteroatoms. The molecule has 0 fully saturated rings. The van der Waals surface area contributed by atoms with Crippen LogP contribution in [0.5, 0.6) is 0 Å². The summed E-state index contributed by atoms with van der Waals surface area (Å²) in [4.78, 5) is 16.7. The number of H-pyrrole nitrogens is 1. The largest absolute Gasteiger partial charge is 0.361 e. The molecule has 3 aromatic heterocycles. The van der Waals surface area contributed by atoms with Crippen LogP contribution >= 0.6 is 11.8 Å². The number of thioether (sulfide) groups is 1. The molecule has 3 heterocycles. The monoisotopic (exact) mass is 398 g/mol. The minimum absolute atomic E-state index is 0.155. The first-order chi connectivity index (χ1) is 13.5. The van der Waals surface area contributed by atoms with Crippen LogP contribution in [0.3, 0.4) is 0 Å². The predicted molar refractivity (Wildman–Crippen MR) is 102 cm³/mol. The lowest BCUT2D eigenvalue weighted by Gasteiger charge is -2.14. The molecule has 0 spiro atoms. The maximum absolute atomic E-state index is 12.3. The molecule has 4 rings (SSSR count). The molecule has 144 valence electrons. The van der Waals surface area contributed by atoms with Gasteiger partial charge in [0.25, 0.3) is 5.89 Å². The topological polar surface area (TPSA) is 116 Å². The van der Waals surface area contributed by atoms with E-state index in [4.69, 9.17) is 9.05 Å². The van der Waals surface area contributed by atoms with Gasteiger partial charge in [-0.1, -0.05) is 52.4 Å². The number of rotatable bonds is 6. The van der Waals surface area contributed by atoms with Gasteiger partial charge >= 0.3 is 5.69 Å². The number of aromatic nitrogens is 6. The van der Waals surface area contributed by atoms with Gasteiger partial charge in [0.1, 0.15) is 11.3 Å². The van der Waals surface area contributed by atoms with E-state index in [0.717, 1.165) is 5.56 Å². The third kappa shape index (κ3) is 3.38. The normalized spacial score (nSPS) is 12.4. The van der Waals surface area contributed by atoms with Gasteiger partial charge in [0.05, 0.1) is 17.5 Å². The van der Waals surface area contributed by atoms with E-state index < -0.39 is 0 Å². The first-order valence-corrected chi connectivity index (χ1v) is 9.63. The van der Waals surface area contributed by atoms with Gasteiger partial charge in [0.15, 0.2) is 11.0 Å². The second-order valence-electron chi connectivity index (χ2n) is 6.27. The molecular formula is C18H18N6O3S. The van der Waals surface area contributed by atoms with Gasteiger partial charge in [-0.15, -0.1) is 5.10 Å². The van der Waals surface area contributed by atoms with Crippen molar-refractivity contribution >= 4 is 11.8 Å². The van der Waals surface area contributed by atoms with Crippen molar-refractivity contribution in [3.05, 3.63) is 63.7 Å². The smallest absolute Gasteiger partial charge is 0.344 e. The zero-order valence-corrected chi connectivity index (χ0v) is 16.4. The number of hydrogen-bond donors (Lipinski definition) is 1. The molecule has 0 saturated heterocycles. The molecule has 1 aromatic carbocycles. The summed E-state index contributed by atoms with van der Waals surface area (Å²) in [6, 6.07) is 9.63. The summed E-state index contributed by atoms with van der Waals surface area (Å²) in [6.45, 7) is 5.57. The third-order valence-corrected chi connectivity index (χ3v) is 5.34. The minimum Gasteiger partial charge on any atom is -0.361 e. The zero-order valence-electron chi connectivity index (χ0n) is 15.5. The van der Waals surface area contributed by atoms with Crippen molar-refractivity contribution in [2.75, 3.05) is 0 Å². The summed E-state index contributed by atoms with van der Waals surface area (Å²) in [5.74, 6) is 1.88. The average Bonchev–Trinajstić information content (AvgIpc) is 3.39. The molecular weight excluding hydrogens is 380 g/mol. The van der Waals surface area contributed by atoms with Gasteiger partial charge in [-0.25, -0.2) is 9.89 Å². The van der Waals surface area contributed by atoms with Crippen LogP contribution < -0.4 is 5.69 Å². The van der Waals surface area contributed by atoms with Crippen molar-refractivity contribution in [2.24, 2.45) is 0 Å². The number of nitrogens with one attached hydrogen (secondary N) is 1. The highest BCUT2D eigenvalue weighted by Gasteiger charge is 2.20. The second kappa shape index (κ2) is 7.47. The first kappa shape index (κ1) is 18.2. The Morgan fingerprint density at radius 3 is 2.68 bits per heavy atom. The molecule has 0 aliphatic rings. The van der Waals surface area contributed by atoms with Gasteiger partial charge in [-0.05, 0) is 26.3 Å². The van der Waals surface area contributed by atoms with Crippen LogP contribution in [0, 0.1) is 13.8 Å². The SMILES string of the molecule is Cc1noc(C)c1-c1nc(CSc2n[nH]c(=O)n2[C@@H](C)c2ccccc2)no1. The van der Waals surface area contributed by atoms with Crippen molar-refractivity contribution in [3.63, 3.8) is 0 Å². The van der Waals surface area contributed by atoms with Crippen LogP contribution in [-0.4, -0.2) is 30.1 Å². The van der Waals surface area contributed by atoms with E-state index in [1.165, 1.54) is 11.8 Å². The maximum Gasteiger partial charge on any atom is 0.344 e. The summed E-state index contributed by atoms with van der Waals surface area (Å²) in [5, 5.41) is 15.1. The van der Waals surface area contributed by atoms with Crippen molar-refractivity contribution in [1.29, 1.82) is 0 Å². The second-order valence-corrected chi connectivity index (χ2v) is 7.21. The Hall–Kier alpha value is -3.14. The molecule has 0 saturated carbocycles. The van der Waals surface area contributed by atoms with Crippen molar-refractivity contribution in [1.82, 2.24) is 30.1 Å². The quantitative estimate of drug-likeness (QED) is 0.493.